The number of ether oxygens (including phenoxy) is 1. The predicted octanol–water partition coefficient (Wildman–Crippen LogP) is 4.75. The van der Waals surface area contributed by atoms with Crippen LogP contribution in [0.2, 0.25) is 0 Å². The van der Waals surface area contributed by atoms with Crippen molar-refractivity contribution in [2.45, 2.75) is 13.8 Å². The number of hydrogen-bond acceptors (Lipinski definition) is 3. The molecule has 0 saturated heterocycles. The Balaban J connectivity index is 2.00. The number of esters is 1. The molecule has 0 spiro atoms. The highest BCUT2D eigenvalue weighted by molar-refractivity contribution is 6.11. The Labute approximate surface area is 146 Å². The summed E-state index contributed by atoms with van der Waals surface area (Å²) in [5.74, 6) is -0.365. The van der Waals surface area contributed by atoms with Gasteiger partial charge in [-0.2, -0.15) is 0 Å². The van der Waals surface area contributed by atoms with Gasteiger partial charge in [-0.25, -0.2) is 4.79 Å². The topological polar surface area (TPSA) is 43.4 Å². The van der Waals surface area contributed by atoms with Crippen LogP contribution < -0.4 is 4.74 Å². The first-order valence-electron chi connectivity index (χ1n) is 8.04. The fourth-order valence-corrected chi connectivity index (χ4v) is 2.53. The lowest BCUT2D eigenvalue weighted by Gasteiger charge is -2.12. The molecular weight excluding hydrogens is 312 g/mol. The van der Waals surface area contributed by atoms with Crippen LogP contribution in [-0.4, -0.2) is 11.8 Å². The van der Waals surface area contributed by atoms with E-state index < -0.39 is 5.97 Å². The second kappa shape index (κ2) is 7.14. The highest BCUT2D eigenvalue weighted by Gasteiger charge is 2.19. The van der Waals surface area contributed by atoms with Gasteiger partial charge in [0.2, 0.25) is 0 Å². The van der Waals surface area contributed by atoms with Gasteiger partial charge in [0.25, 0.3) is 0 Å². The molecule has 0 heterocycles. The van der Waals surface area contributed by atoms with E-state index in [4.69, 9.17) is 4.74 Å². The molecule has 0 aliphatic carbocycles. The van der Waals surface area contributed by atoms with Crippen LogP contribution in [-0.2, 0) is 0 Å². The SMILES string of the molecule is Cc1cc(OC(=O)c2ccccc2)c(C(=O)c2ccccc2)cc1C. The maximum atomic E-state index is 12.9. The number of ketones is 1. The molecule has 0 aliphatic heterocycles. The lowest BCUT2D eigenvalue weighted by atomic mass is 9.98. The van der Waals surface area contributed by atoms with E-state index >= 15 is 0 Å². The summed E-state index contributed by atoms with van der Waals surface area (Å²) in [6, 6.07) is 21.2. The summed E-state index contributed by atoms with van der Waals surface area (Å²) < 4.78 is 5.55. The third-order valence-electron chi connectivity index (χ3n) is 4.09. The van der Waals surface area contributed by atoms with Gasteiger partial charge in [0, 0.05) is 5.56 Å². The largest absolute Gasteiger partial charge is 0.422 e. The van der Waals surface area contributed by atoms with E-state index in [0.29, 0.717) is 16.7 Å². The van der Waals surface area contributed by atoms with E-state index in [2.05, 4.69) is 0 Å². The van der Waals surface area contributed by atoms with Gasteiger partial charge in [-0.05, 0) is 49.2 Å². The van der Waals surface area contributed by atoms with E-state index in [0.717, 1.165) is 11.1 Å². The lowest BCUT2D eigenvalue weighted by molar-refractivity contribution is 0.0733. The lowest BCUT2D eigenvalue weighted by Crippen LogP contribution is -2.12. The minimum atomic E-state index is -0.481. The van der Waals surface area contributed by atoms with Gasteiger partial charge in [0.15, 0.2) is 5.78 Å². The minimum Gasteiger partial charge on any atom is -0.422 e. The number of hydrogen-bond donors (Lipinski definition) is 0. The van der Waals surface area contributed by atoms with E-state index in [1.54, 1.807) is 48.5 Å². The van der Waals surface area contributed by atoms with Crippen LogP contribution in [0.1, 0.15) is 37.4 Å². The fraction of sp³-hybridized carbons (Fsp3) is 0.0909. The summed E-state index contributed by atoms with van der Waals surface area (Å²) in [7, 11) is 0. The Morgan fingerprint density at radius 2 is 1.24 bits per heavy atom. The van der Waals surface area contributed by atoms with Crippen molar-refractivity contribution in [1.82, 2.24) is 0 Å². The van der Waals surface area contributed by atoms with E-state index in [1.807, 2.05) is 38.1 Å². The third kappa shape index (κ3) is 3.66. The molecule has 0 fully saturated rings. The molecule has 3 heteroatoms. The van der Waals surface area contributed by atoms with E-state index in [9.17, 15) is 9.59 Å². The maximum absolute atomic E-state index is 12.9. The molecule has 0 aromatic heterocycles. The average Bonchev–Trinajstić information content (AvgIpc) is 2.65. The molecule has 0 unspecified atom stereocenters. The molecule has 3 rings (SSSR count). The molecule has 3 aromatic rings. The summed E-state index contributed by atoms with van der Waals surface area (Å²) in [6.45, 7) is 3.85. The normalized spacial score (nSPS) is 10.3. The zero-order valence-electron chi connectivity index (χ0n) is 14.2. The minimum absolute atomic E-state index is 0.167. The Kier molecular flexibility index (Phi) is 4.75. The van der Waals surface area contributed by atoms with Crippen LogP contribution in [0.25, 0.3) is 0 Å². The standard InChI is InChI=1S/C22H18O3/c1-15-13-19(21(23)17-9-5-3-6-10-17)20(14-16(15)2)25-22(24)18-11-7-4-8-12-18/h3-14H,1-2H3. The van der Waals surface area contributed by atoms with Gasteiger partial charge < -0.3 is 4.74 Å². The molecule has 0 radical (unpaired) electrons. The number of rotatable bonds is 4. The molecule has 0 aliphatic rings. The van der Waals surface area contributed by atoms with Crippen LogP contribution >= 0.6 is 0 Å². The van der Waals surface area contributed by atoms with Gasteiger partial charge in [-0.15, -0.1) is 0 Å². The summed E-state index contributed by atoms with van der Waals surface area (Å²) in [5, 5.41) is 0. The highest BCUT2D eigenvalue weighted by Crippen LogP contribution is 2.27. The second-order valence-electron chi connectivity index (χ2n) is 5.88. The van der Waals surface area contributed by atoms with Crippen molar-refractivity contribution >= 4 is 11.8 Å². The van der Waals surface area contributed by atoms with Crippen LogP contribution in [0.3, 0.4) is 0 Å². The van der Waals surface area contributed by atoms with E-state index in [1.165, 1.54) is 0 Å². The van der Waals surface area contributed by atoms with Gasteiger partial charge >= 0.3 is 5.97 Å². The molecule has 0 amide bonds. The van der Waals surface area contributed by atoms with Gasteiger partial charge in [0.05, 0.1) is 11.1 Å². The van der Waals surface area contributed by atoms with Crippen molar-refractivity contribution in [3.63, 3.8) is 0 Å². The molecular formula is C22H18O3. The van der Waals surface area contributed by atoms with Crippen LogP contribution in [0, 0.1) is 13.8 Å². The maximum Gasteiger partial charge on any atom is 0.343 e. The fourth-order valence-electron chi connectivity index (χ4n) is 2.53. The van der Waals surface area contributed by atoms with Crippen LogP contribution in [0.4, 0.5) is 0 Å². The molecule has 124 valence electrons. The van der Waals surface area contributed by atoms with Crippen molar-refractivity contribution in [3.8, 4) is 5.75 Å². The van der Waals surface area contributed by atoms with E-state index in [-0.39, 0.29) is 11.5 Å². The molecule has 0 bridgehead atoms. The summed E-state index contributed by atoms with van der Waals surface area (Å²) in [4.78, 5) is 25.2. The van der Waals surface area contributed by atoms with Crippen molar-refractivity contribution in [3.05, 3.63) is 101 Å². The molecule has 3 aromatic carbocycles. The molecule has 3 nitrogen and oxygen atoms in total. The molecule has 0 atom stereocenters. The van der Waals surface area contributed by atoms with Crippen LogP contribution in [0.5, 0.6) is 5.75 Å². The summed E-state index contributed by atoms with van der Waals surface area (Å²) >= 11 is 0. The first-order valence-corrected chi connectivity index (χ1v) is 8.04. The predicted molar refractivity (Wildman–Crippen MR) is 97.2 cm³/mol. The number of benzene rings is 3. The zero-order valence-corrected chi connectivity index (χ0v) is 14.2. The molecule has 0 N–H and O–H groups in total. The van der Waals surface area contributed by atoms with Crippen molar-refractivity contribution < 1.29 is 14.3 Å². The van der Waals surface area contributed by atoms with Gasteiger partial charge in [-0.3, -0.25) is 4.79 Å². The van der Waals surface area contributed by atoms with Crippen molar-refractivity contribution in [2.75, 3.05) is 0 Å². The van der Waals surface area contributed by atoms with Crippen molar-refractivity contribution in [2.24, 2.45) is 0 Å². The third-order valence-corrected chi connectivity index (χ3v) is 4.09. The second-order valence-corrected chi connectivity index (χ2v) is 5.88. The quantitative estimate of drug-likeness (QED) is 0.394. The first-order chi connectivity index (χ1) is 12.1. The highest BCUT2D eigenvalue weighted by atomic mass is 16.5. The number of carbonyl (C=O) groups excluding carboxylic acids is 2. The van der Waals surface area contributed by atoms with Crippen LogP contribution in [0.15, 0.2) is 72.8 Å². The summed E-state index contributed by atoms with van der Waals surface area (Å²) in [5.41, 5.74) is 3.32. The monoisotopic (exact) mass is 330 g/mol. The number of aryl methyl sites for hydroxylation is 2. The molecule has 0 saturated carbocycles. The van der Waals surface area contributed by atoms with Gasteiger partial charge in [0.1, 0.15) is 5.75 Å². The Morgan fingerprint density at radius 1 is 0.720 bits per heavy atom. The smallest absolute Gasteiger partial charge is 0.343 e. The molecule has 25 heavy (non-hydrogen) atoms. The Bertz CT molecular complexity index is 913. The van der Waals surface area contributed by atoms with Crippen molar-refractivity contribution in [1.29, 1.82) is 0 Å². The zero-order chi connectivity index (χ0) is 17.8. The Hall–Kier alpha value is -3.20. The first kappa shape index (κ1) is 16.7. The average molecular weight is 330 g/mol. The number of carbonyl (C=O) groups is 2. The Morgan fingerprint density at radius 3 is 1.84 bits per heavy atom. The summed E-state index contributed by atoms with van der Waals surface area (Å²) in [6.07, 6.45) is 0. The van der Waals surface area contributed by atoms with Gasteiger partial charge in [-0.1, -0.05) is 48.5 Å².